The van der Waals surface area contributed by atoms with Gasteiger partial charge in [-0.15, -0.1) is 10.2 Å². The topological polar surface area (TPSA) is 73.1 Å². The van der Waals surface area contributed by atoms with Crippen LogP contribution in [0.4, 0.5) is 0 Å². The van der Waals surface area contributed by atoms with Crippen LogP contribution in [-0.4, -0.2) is 44.8 Å². The largest absolute Gasteiger partial charge is 0.497 e. The van der Waals surface area contributed by atoms with E-state index in [4.69, 9.17) is 4.74 Å². The van der Waals surface area contributed by atoms with Crippen LogP contribution in [-0.2, 0) is 18.5 Å². The molecule has 2 aromatic heterocycles. The molecule has 7 heteroatoms. The molecule has 1 fully saturated rings. The second kappa shape index (κ2) is 7.32. The zero-order chi connectivity index (χ0) is 20.7. The van der Waals surface area contributed by atoms with Crippen molar-refractivity contribution in [1.82, 2.24) is 24.6 Å². The average Bonchev–Trinajstić information content (AvgIpc) is 3.33. The van der Waals surface area contributed by atoms with E-state index in [1.807, 2.05) is 41.8 Å². The molecule has 0 radical (unpaired) electrons. The number of methoxy groups -OCH3 is 1. The molecule has 1 saturated heterocycles. The molecule has 2 aliphatic heterocycles. The van der Waals surface area contributed by atoms with Gasteiger partial charge in [0.1, 0.15) is 11.6 Å². The van der Waals surface area contributed by atoms with Crippen molar-refractivity contribution in [3.8, 4) is 17.0 Å². The Kier molecular flexibility index (Phi) is 4.62. The first kappa shape index (κ1) is 18.9. The van der Waals surface area contributed by atoms with Crippen LogP contribution in [0.3, 0.4) is 0 Å². The van der Waals surface area contributed by atoms with Crippen LogP contribution in [0.25, 0.3) is 11.3 Å². The third-order valence-electron chi connectivity index (χ3n) is 6.36. The van der Waals surface area contributed by atoms with E-state index in [1.54, 1.807) is 7.11 Å². The van der Waals surface area contributed by atoms with Gasteiger partial charge >= 0.3 is 0 Å². The van der Waals surface area contributed by atoms with Crippen molar-refractivity contribution in [2.45, 2.75) is 38.3 Å². The third-order valence-corrected chi connectivity index (χ3v) is 6.36. The standard InChI is InChI=1S/C23H25N5O2/c1-16-4-3-5-18(24-16)14-27-12-10-23(15-27)11-13-28-21(29)20(25-26-22(23)28)17-6-8-19(30-2)9-7-17/h3-9H,10-15H2,1-2H3. The van der Waals surface area contributed by atoms with Gasteiger partial charge in [-0.3, -0.25) is 19.2 Å². The fourth-order valence-electron chi connectivity index (χ4n) is 4.78. The number of hydrogen-bond acceptors (Lipinski definition) is 6. The Morgan fingerprint density at radius 3 is 2.63 bits per heavy atom. The van der Waals surface area contributed by atoms with Crippen LogP contribution in [0.5, 0.6) is 5.75 Å². The van der Waals surface area contributed by atoms with Crippen LogP contribution >= 0.6 is 0 Å². The highest BCUT2D eigenvalue weighted by molar-refractivity contribution is 5.58. The summed E-state index contributed by atoms with van der Waals surface area (Å²) in [5.41, 5.74) is 3.15. The van der Waals surface area contributed by atoms with Gasteiger partial charge in [0.25, 0.3) is 5.56 Å². The number of pyridine rings is 1. The first-order chi connectivity index (χ1) is 14.6. The van der Waals surface area contributed by atoms with Crippen molar-refractivity contribution in [2.75, 3.05) is 20.2 Å². The number of ether oxygens (including phenoxy) is 1. The van der Waals surface area contributed by atoms with E-state index in [2.05, 4.69) is 32.2 Å². The Hall–Kier alpha value is -3.06. The smallest absolute Gasteiger partial charge is 0.280 e. The molecule has 5 rings (SSSR count). The minimum Gasteiger partial charge on any atom is -0.497 e. The van der Waals surface area contributed by atoms with Crippen molar-refractivity contribution in [1.29, 1.82) is 0 Å². The van der Waals surface area contributed by atoms with E-state index >= 15 is 0 Å². The summed E-state index contributed by atoms with van der Waals surface area (Å²) in [5, 5.41) is 8.93. The number of rotatable bonds is 4. The molecule has 0 bridgehead atoms. The Morgan fingerprint density at radius 1 is 1.07 bits per heavy atom. The first-order valence-electron chi connectivity index (χ1n) is 10.4. The minimum atomic E-state index is -0.0889. The molecule has 1 spiro atoms. The number of aromatic nitrogens is 4. The van der Waals surface area contributed by atoms with E-state index in [-0.39, 0.29) is 11.0 Å². The maximum Gasteiger partial charge on any atom is 0.280 e. The fourth-order valence-corrected chi connectivity index (χ4v) is 4.78. The van der Waals surface area contributed by atoms with E-state index in [9.17, 15) is 4.79 Å². The normalized spacial score (nSPS) is 20.6. The average molecular weight is 403 g/mol. The summed E-state index contributed by atoms with van der Waals surface area (Å²) in [6.45, 7) is 5.41. The van der Waals surface area contributed by atoms with Crippen LogP contribution in [0, 0.1) is 6.92 Å². The predicted molar refractivity (Wildman–Crippen MR) is 113 cm³/mol. The molecule has 154 valence electrons. The van der Waals surface area contributed by atoms with Crippen molar-refractivity contribution < 1.29 is 4.74 Å². The molecule has 0 saturated carbocycles. The maximum atomic E-state index is 13.2. The van der Waals surface area contributed by atoms with Gasteiger partial charge in [0.15, 0.2) is 5.69 Å². The highest BCUT2D eigenvalue weighted by Gasteiger charge is 2.47. The maximum absolute atomic E-state index is 13.2. The third kappa shape index (κ3) is 3.19. The quantitative estimate of drug-likeness (QED) is 0.667. The Bertz CT molecular complexity index is 1140. The molecular weight excluding hydrogens is 378 g/mol. The Morgan fingerprint density at radius 2 is 1.87 bits per heavy atom. The molecule has 4 heterocycles. The van der Waals surface area contributed by atoms with Crippen LogP contribution in [0.2, 0.25) is 0 Å². The van der Waals surface area contributed by atoms with Crippen LogP contribution in [0.1, 0.15) is 30.1 Å². The van der Waals surface area contributed by atoms with Crippen molar-refractivity contribution >= 4 is 0 Å². The van der Waals surface area contributed by atoms with Gasteiger partial charge in [0, 0.05) is 36.3 Å². The molecule has 0 N–H and O–H groups in total. The SMILES string of the molecule is COc1ccc(-c2nnc3n(c2=O)CCC32CCN(Cc3cccc(C)n3)C2)cc1. The summed E-state index contributed by atoms with van der Waals surface area (Å²) in [7, 11) is 1.62. The second-order valence-corrected chi connectivity index (χ2v) is 8.32. The van der Waals surface area contributed by atoms with E-state index in [0.29, 0.717) is 12.2 Å². The van der Waals surface area contributed by atoms with Crippen molar-refractivity contribution in [3.05, 3.63) is 70.0 Å². The zero-order valence-corrected chi connectivity index (χ0v) is 17.3. The number of hydrogen-bond donors (Lipinski definition) is 0. The van der Waals surface area contributed by atoms with E-state index < -0.39 is 0 Å². The van der Waals surface area contributed by atoms with Crippen molar-refractivity contribution in [3.63, 3.8) is 0 Å². The lowest BCUT2D eigenvalue weighted by molar-refractivity contribution is 0.296. The van der Waals surface area contributed by atoms with Crippen molar-refractivity contribution in [2.24, 2.45) is 0 Å². The molecule has 1 atom stereocenters. The first-order valence-corrected chi connectivity index (χ1v) is 10.4. The summed E-state index contributed by atoms with van der Waals surface area (Å²) in [6, 6.07) is 13.5. The fraction of sp³-hybridized carbons (Fsp3) is 0.391. The summed E-state index contributed by atoms with van der Waals surface area (Å²) in [6.07, 6.45) is 1.93. The van der Waals surface area contributed by atoms with Gasteiger partial charge in [0.2, 0.25) is 0 Å². The van der Waals surface area contributed by atoms with Gasteiger partial charge in [-0.05, 0) is 62.7 Å². The highest BCUT2D eigenvalue weighted by Crippen LogP contribution is 2.41. The summed E-state index contributed by atoms with van der Waals surface area (Å²) >= 11 is 0. The number of benzene rings is 1. The lowest BCUT2D eigenvalue weighted by Gasteiger charge is -2.23. The Balaban J connectivity index is 1.41. The molecule has 1 unspecified atom stereocenters. The highest BCUT2D eigenvalue weighted by atomic mass is 16.5. The Labute approximate surface area is 175 Å². The lowest BCUT2D eigenvalue weighted by Crippen LogP contribution is -2.33. The monoisotopic (exact) mass is 403 g/mol. The molecule has 2 aliphatic rings. The molecule has 3 aromatic rings. The van der Waals surface area contributed by atoms with Crippen LogP contribution < -0.4 is 10.3 Å². The minimum absolute atomic E-state index is 0.0548. The number of likely N-dealkylation sites (tertiary alicyclic amines) is 1. The van der Waals surface area contributed by atoms with Gasteiger partial charge in [-0.25, -0.2) is 0 Å². The van der Waals surface area contributed by atoms with Gasteiger partial charge in [-0.1, -0.05) is 6.07 Å². The van der Waals surface area contributed by atoms with E-state index in [0.717, 1.165) is 61.0 Å². The van der Waals surface area contributed by atoms with Gasteiger partial charge < -0.3 is 4.74 Å². The predicted octanol–water partition coefficient (Wildman–Crippen LogP) is 2.56. The second-order valence-electron chi connectivity index (χ2n) is 8.32. The summed E-state index contributed by atoms with van der Waals surface area (Å²) in [4.78, 5) is 20.2. The molecule has 0 amide bonds. The molecule has 1 aromatic carbocycles. The van der Waals surface area contributed by atoms with Crippen LogP contribution in [0.15, 0.2) is 47.3 Å². The lowest BCUT2D eigenvalue weighted by atomic mass is 9.85. The molecule has 30 heavy (non-hydrogen) atoms. The number of aryl methyl sites for hydroxylation is 1. The molecular formula is C23H25N5O2. The summed E-state index contributed by atoms with van der Waals surface area (Å²) < 4.78 is 7.04. The molecule has 0 aliphatic carbocycles. The number of fused-ring (bicyclic) bond motifs is 2. The van der Waals surface area contributed by atoms with E-state index in [1.165, 1.54) is 0 Å². The number of nitrogens with zero attached hydrogens (tertiary/aromatic N) is 5. The summed E-state index contributed by atoms with van der Waals surface area (Å²) in [5.74, 6) is 1.59. The molecule has 7 nitrogen and oxygen atoms in total. The van der Waals surface area contributed by atoms with Gasteiger partial charge in [-0.2, -0.15) is 0 Å². The van der Waals surface area contributed by atoms with Gasteiger partial charge in [0.05, 0.1) is 12.8 Å². The zero-order valence-electron chi connectivity index (χ0n) is 17.3.